The largest absolute Gasteiger partial charge is 0.411 e. The van der Waals surface area contributed by atoms with Gasteiger partial charge < -0.3 is 5.21 Å². The van der Waals surface area contributed by atoms with Crippen LogP contribution in [0.25, 0.3) is 0 Å². The van der Waals surface area contributed by atoms with Gasteiger partial charge in [0.25, 0.3) is 0 Å². The Bertz CT molecular complexity index is 473. The van der Waals surface area contributed by atoms with E-state index in [2.05, 4.69) is 51.0 Å². The smallest absolute Gasteiger partial charge is 0.0976 e. The molecule has 0 saturated carbocycles. The van der Waals surface area contributed by atoms with E-state index in [4.69, 9.17) is 10.2 Å². The predicted octanol–water partition coefficient (Wildman–Crippen LogP) is 4.88. The van der Waals surface area contributed by atoms with E-state index in [0.717, 1.165) is 11.4 Å². The van der Waals surface area contributed by atoms with Crippen LogP contribution in [0.1, 0.15) is 64.5 Å². The summed E-state index contributed by atoms with van der Waals surface area (Å²) in [4.78, 5) is 4.70. The SMILES string of the molecule is CC(=N\O)/C(C)=N/c1c(C(C)C)cccc1C(C)C. The molecule has 3 heteroatoms. The van der Waals surface area contributed by atoms with Crippen molar-refractivity contribution in [1.82, 2.24) is 0 Å². The zero-order valence-electron chi connectivity index (χ0n) is 12.7. The van der Waals surface area contributed by atoms with Crippen molar-refractivity contribution in [2.24, 2.45) is 10.1 Å². The molecule has 0 aliphatic rings. The maximum Gasteiger partial charge on any atom is 0.0976 e. The number of rotatable bonds is 4. The second-order valence-electron chi connectivity index (χ2n) is 5.48. The highest BCUT2D eigenvalue weighted by molar-refractivity contribution is 6.40. The number of oxime groups is 1. The fourth-order valence-electron chi connectivity index (χ4n) is 1.96. The number of hydrogen-bond donors (Lipinski definition) is 1. The van der Waals surface area contributed by atoms with Crippen LogP contribution in [0.15, 0.2) is 28.3 Å². The number of hydrogen-bond acceptors (Lipinski definition) is 3. The first-order valence-corrected chi connectivity index (χ1v) is 6.75. The zero-order valence-corrected chi connectivity index (χ0v) is 12.7. The van der Waals surface area contributed by atoms with Gasteiger partial charge in [0.2, 0.25) is 0 Å². The fraction of sp³-hybridized carbons (Fsp3) is 0.500. The molecule has 1 N–H and O–H groups in total. The summed E-state index contributed by atoms with van der Waals surface area (Å²) >= 11 is 0. The van der Waals surface area contributed by atoms with Crippen molar-refractivity contribution in [2.45, 2.75) is 53.4 Å². The van der Waals surface area contributed by atoms with Gasteiger partial charge in [-0.2, -0.15) is 0 Å². The minimum Gasteiger partial charge on any atom is -0.411 e. The molecule has 1 aromatic rings. The molecule has 0 unspecified atom stereocenters. The van der Waals surface area contributed by atoms with Crippen LogP contribution in [0, 0.1) is 0 Å². The summed E-state index contributed by atoms with van der Waals surface area (Å²) in [6, 6.07) is 6.33. The summed E-state index contributed by atoms with van der Waals surface area (Å²) in [5, 5.41) is 12.1. The molecule has 0 fully saturated rings. The molecule has 19 heavy (non-hydrogen) atoms. The van der Waals surface area contributed by atoms with Gasteiger partial charge in [0.1, 0.15) is 0 Å². The fourth-order valence-corrected chi connectivity index (χ4v) is 1.96. The summed E-state index contributed by atoms with van der Waals surface area (Å²) in [7, 11) is 0. The van der Waals surface area contributed by atoms with Gasteiger partial charge in [-0.15, -0.1) is 0 Å². The third-order valence-corrected chi connectivity index (χ3v) is 3.30. The van der Waals surface area contributed by atoms with E-state index in [0.29, 0.717) is 17.5 Å². The van der Waals surface area contributed by atoms with Crippen LogP contribution in [0.5, 0.6) is 0 Å². The summed E-state index contributed by atoms with van der Waals surface area (Å²) in [6.45, 7) is 12.3. The minimum atomic E-state index is 0.414. The highest BCUT2D eigenvalue weighted by Gasteiger charge is 2.13. The Morgan fingerprint density at radius 3 is 1.79 bits per heavy atom. The topological polar surface area (TPSA) is 45.0 Å². The molecule has 0 radical (unpaired) electrons. The van der Waals surface area contributed by atoms with Gasteiger partial charge in [0.05, 0.1) is 17.1 Å². The van der Waals surface area contributed by atoms with Gasteiger partial charge >= 0.3 is 0 Å². The van der Waals surface area contributed by atoms with Crippen molar-refractivity contribution >= 4 is 17.1 Å². The van der Waals surface area contributed by atoms with E-state index in [9.17, 15) is 0 Å². The Kier molecular flexibility index (Phi) is 5.28. The predicted molar refractivity (Wildman–Crippen MR) is 82.3 cm³/mol. The summed E-state index contributed by atoms with van der Waals surface area (Å²) in [5.41, 5.74) is 4.78. The molecule has 1 rings (SSSR count). The van der Waals surface area contributed by atoms with Crippen LogP contribution >= 0.6 is 0 Å². The van der Waals surface area contributed by atoms with E-state index in [1.165, 1.54) is 11.1 Å². The standard InChI is InChI=1S/C16H24N2O/c1-10(2)14-8-7-9-15(11(3)4)16(14)17-12(5)13(6)18-19/h7-11,19H,1-6H3/b17-12+,18-13+. The van der Waals surface area contributed by atoms with Gasteiger partial charge in [-0.3, -0.25) is 4.99 Å². The first-order valence-electron chi connectivity index (χ1n) is 6.75. The highest BCUT2D eigenvalue weighted by Crippen LogP contribution is 2.34. The van der Waals surface area contributed by atoms with E-state index in [1.807, 2.05) is 6.92 Å². The Hall–Kier alpha value is -1.64. The molecule has 0 aliphatic carbocycles. The van der Waals surface area contributed by atoms with Crippen molar-refractivity contribution in [2.75, 3.05) is 0 Å². The third kappa shape index (κ3) is 3.66. The lowest BCUT2D eigenvalue weighted by Crippen LogP contribution is -2.06. The molecule has 3 nitrogen and oxygen atoms in total. The lowest BCUT2D eigenvalue weighted by Gasteiger charge is -2.17. The lowest BCUT2D eigenvalue weighted by atomic mass is 9.93. The number of benzene rings is 1. The van der Waals surface area contributed by atoms with Crippen LogP contribution in [0.4, 0.5) is 5.69 Å². The lowest BCUT2D eigenvalue weighted by molar-refractivity contribution is 0.320. The van der Waals surface area contributed by atoms with E-state index in [1.54, 1.807) is 6.92 Å². The second kappa shape index (κ2) is 6.50. The summed E-state index contributed by atoms with van der Waals surface area (Å²) in [5.74, 6) is 0.827. The van der Waals surface area contributed by atoms with Gasteiger partial charge in [-0.25, -0.2) is 0 Å². The monoisotopic (exact) mass is 260 g/mol. The third-order valence-electron chi connectivity index (χ3n) is 3.30. The molecule has 0 aromatic heterocycles. The molecule has 104 valence electrons. The van der Waals surface area contributed by atoms with Gasteiger partial charge in [-0.1, -0.05) is 51.0 Å². The molecule has 0 amide bonds. The number of aliphatic imine (C=N–C) groups is 1. The minimum absolute atomic E-state index is 0.414. The average Bonchev–Trinajstić information content (AvgIpc) is 2.37. The summed E-state index contributed by atoms with van der Waals surface area (Å²) in [6.07, 6.45) is 0. The van der Waals surface area contributed by atoms with Gasteiger partial charge in [0, 0.05) is 0 Å². The van der Waals surface area contributed by atoms with Gasteiger partial charge in [0.15, 0.2) is 0 Å². The van der Waals surface area contributed by atoms with Crippen molar-refractivity contribution in [1.29, 1.82) is 0 Å². The molecule has 0 atom stereocenters. The Morgan fingerprint density at radius 2 is 1.42 bits per heavy atom. The van der Waals surface area contributed by atoms with Crippen molar-refractivity contribution in [3.63, 3.8) is 0 Å². The molecule has 0 heterocycles. The molecule has 0 bridgehead atoms. The van der Waals surface area contributed by atoms with E-state index >= 15 is 0 Å². The van der Waals surface area contributed by atoms with Crippen molar-refractivity contribution in [3.8, 4) is 0 Å². The first-order chi connectivity index (χ1) is 8.88. The van der Waals surface area contributed by atoms with E-state index in [-0.39, 0.29) is 0 Å². The Morgan fingerprint density at radius 1 is 0.947 bits per heavy atom. The van der Waals surface area contributed by atoms with Crippen molar-refractivity contribution in [3.05, 3.63) is 29.3 Å². The van der Waals surface area contributed by atoms with E-state index < -0.39 is 0 Å². The van der Waals surface area contributed by atoms with Crippen molar-refractivity contribution < 1.29 is 5.21 Å². The normalized spacial score (nSPS) is 13.5. The van der Waals surface area contributed by atoms with Crippen LogP contribution < -0.4 is 0 Å². The number of nitrogens with zero attached hydrogens (tertiary/aromatic N) is 2. The molecule has 0 aliphatic heterocycles. The zero-order chi connectivity index (χ0) is 14.6. The van der Waals surface area contributed by atoms with Crippen LogP contribution in [-0.4, -0.2) is 16.6 Å². The van der Waals surface area contributed by atoms with Crippen LogP contribution in [0.2, 0.25) is 0 Å². The molecular weight excluding hydrogens is 236 g/mol. The average molecular weight is 260 g/mol. The second-order valence-corrected chi connectivity index (χ2v) is 5.48. The Labute approximate surface area is 116 Å². The quantitative estimate of drug-likeness (QED) is 0.468. The molecule has 1 aromatic carbocycles. The maximum absolute atomic E-state index is 8.85. The first kappa shape index (κ1) is 15.4. The highest BCUT2D eigenvalue weighted by atomic mass is 16.4. The number of para-hydroxylation sites is 1. The molecule has 0 spiro atoms. The maximum atomic E-state index is 8.85. The van der Waals surface area contributed by atoms with Gasteiger partial charge in [-0.05, 0) is 36.8 Å². The summed E-state index contributed by atoms with van der Waals surface area (Å²) < 4.78 is 0. The van der Waals surface area contributed by atoms with Crippen LogP contribution in [0.3, 0.4) is 0 Å². The Balaban J connectivity index is 3.46. The molecule has 0 saturated heterocycles. The van der Waals surface area contributed by atoms with Crippen LogP contribution in [-0.2, 0) is 0 Å². The molecular formula is C16H24N2O.